The molecule has 0 spiro atoms. The van der Waals surface area contributed by atoms with Crippen molar-refractivity contribution in [2.75, 3.05) is 18.6 Å². The number of amides is 1. The van der Waals surface area contributed by atoms with Gasteiger partial charge in [0.1, 0.15) is 5.75 Å². The third-order valence-electron chi connectivity index (χ3n) is 3.55. The summed E-state index contributed by atoms with van der Waals surface area (Å²) in [5, 5.41) is 0. The summed E-state index contributed by atoms with van der Waals surface area (Å²) in [6.45, 7) is 0.626. The van der Waals surface area contributed by atoms with Crippen LogP contribution in [0.25, 0.3) is 0 Å². The number of carbonyl (C=O) groups is 1. The number of carbonyl (C=O) groups excluding carboxylic acids is 1. The molecule has 0 aromatic carbocycles. The van der Waals surface area contributed by atoms with Crippen LogP contribution in [0.3, 0.4) is 0 Å². The molecular formula is C14H20N2O3S. The van der Waals surface area contributed by atoms with Crippen molar-refractivity contribution in [2.45, 2.75) is 31.7 Å². The minimum absolute atomic E-state index is 0.0326. The molecule has 0 aliphatic carbocycles. The zero-order valence-electron chi connectivity index (χ0n) is 11.7. The monoisotopic (exact) mass is 296 g/mol. The zero-order valence-corrected chi connectivity index (χ0v) is 12.5. The highest BCUT2D eigenvalue weighted by Crippen LogP contribution is 2.29. The summed E-state index contributed by atoms with van der Waals surface area (Å²) in [5.41, 5.74) is 1.03. The predicted molar refractivity (Wildman–Crippen MR) is 76.9 cm³/mol. The van der Waals surface area contributed by atoms with Gasteiger partial charge in [0.05, 0.1) is 6.04 Å². The molecule has 0 radical (unpaired) electrons. The Morgan fingerprint density at radius 2 is 2.00 bits per heavy atom. The van der Waals surface area contributed by atoms with Crippen molar-refractivity contribution in [3.05, 3.63) is 30.1 Å². The molecule has 0 saturated carbocycles. The van der Waals surface area contributed by atoms with Crippen LogP contribution in [0.5, 0.6) is 0 Å². The van der Waals surface area contributed by atoms with Crippen LogP contribution < -0.4 is 0 Å². The Balaban J connectivity index is 2.24. The molecule has 0 bridgehead atoms. The average molecular weight is 296 g/mol. The lowest BCUT2D eigenvalue weighted by Gasteiger charge is -2.30. The van der Waals surface area contributed by atoms with Crippen LogP contribution in [-0.2, 0) is 14.6 Å². The quantitative estimate of drug-likeness (QED) is 0.849. The average Bonchev–Trinajstić information content (AvgIpc) is 2.63. The summed E-state index contributed by atoms with van der Waals surface area (Å²) in [7, 11) is -3.29. The third-order valence-corrected chi connectivity index (χ3v) is 4.32. The van der Waals surface area contributed by atoms with Crippen molar-refractivity contribution in [2.24, 2.45) is 0 Å². The van der Waals surface area contributed by atoms with Gasteiger partial charge in [0.25, 0.3) is 0 Å². The first-order chi connectivity index (χ1) is 9.47. The van der Waals surface area contributed by atoms with Gasteiger partial charge in [0, 0.05) is 25.2 Å². The highest BCUT2D eigenvalue weighted by molar-refractivity contribution is 7.91. The van der Waals surface area contributed by atoms with E-state index in [1.165, 1.54) is 0 Å². The molecule has 1 saturated heterocycles. The lowest BCUT2D eigenvalue weighted by molar-refractivity contribution is -0.130. The molecule has 0 N–H and O–H groups in total. The minimum atomic E-state index is -3.29. The molecule has 2 rings (SSSR count). The number of hydrogen-bond donors (Lipinski definition) is 0. The van der Waals surface area contributed by atoms with Crippen molar-refractivity contribution in [1.29, 1.82) is 0 Å². The Labute approximate surface area is 119 Å². The van der Waals surface area contributed by atoms with Gasteiger partial charge in [-0.2, -0.15) is 0 Å². The van der Waals surface area contributed by atoms with E-state index in [2.05, 4.69) is 4.98 Å². The molecule has 1 atom stereocenters. The Morgan fingerprint density at radius 3 is 2.65 bits per heavy atom. The van der Waals surface area contributed by atoms with Gasteiger partial charge in [-0.3, -0.25) is 9.78 Å². The van der Waals surface area contributed by atoms with Crippen molar-refractivity contribution in [3.63, 3.8) is 0 Å². The van der Waals surface area contributed by atoms with E-state index in [1.807, 2.05) is 12.1 Å². The van der Waals surface area contributed by atoms with Crippen LogP contribution in [0.4, 0.5) is 0 Å². The first-order valence-corrected chi connectivity index (χ1v) is 8.90. The van der Waals surface area contributed by atoms with Crippen molar-refractivity contribution in [1.82, 2.24) is 9.88 Å². The second-order valence-electron chi connectivity index (χ2n) is 5.30. The summed E-state index contributed by atoms with van der Waals surface area (Å²) in [6, 6.07) is 3.77. The first kappa shape index (κ1) is 15.0. The summed E-state index contributed by atoms with van der Waals surface area (Å²) in [4.78, 5) is 18.0. The van der Waals surface area contributed by atoms with Crippen molar-refractivity contribution >= 4 is 15.7 Å². The van der Waals surface area contributed by atoms with Gasteiger partial charge in [0.2, 0.25) is 5.91 Å². The van der Waals surface area contributed by atoms with Crippen LogP contribution in [0.1, 0.15) is 37.3 Å². The van der Waals surface area contributed by atoms with Gasteiger partial charge >= 0.3 is 0 Å². The molecule has 1 aliphatic rings. The number of sulfone groups is 1. The van der Waals surface area contributed by atoms with E-state index < -0.39 is 15.6 Å². The molecule has 1 fully saturated rings. The SMILES string of the molecule is CS(=O)(=O)CC(=O)N1CCCCCC1c1ccncc1. The molecule has 110 valence electrons. The fraction of sp³-hybridized carbons (Fsp3) is 0.571. The highest BCUT2D eigenvalue weighted by Gasteiger charge is 2.28. The molecule has 1 unspecified atom stereocenters. The van der Waals surface area contributed by atoms with Gasteiger partial charge in [-0.15, -0.1) is 0 Å². The maximum Gasteiger partial charge on any atom is 0.238 e. The summed E-state index contributed by atoms with van der Waals surface area (Å²) in [6.07, 6.45) is 8.44. The lowest BCUT2D eigenvalue weighted by Crippen LogP contribution is -2.38. The Bertz CT molecular complexity index is 557. The first-order valence-electron chi connectivity index (χ1n) is 6.84. The largest absolute Gasteiger partial charge is 0.335 e. The second kappa shape index (κ2) is 6.35. The van der Waals surface area contributed by atoms with E-state index in [-0.39, 0.29) is 11.9 Å². The van der Waals surface area contributed by atoms with Gasteiger partial charge in [0.15, 0.2) is 9.84 Å². The number of hydrogen-bond acceptors (Lipinski definition) is 4. The maximum atomic E-state index is 12.3. The molecule has 1 amide bonds. The van der Waals surface area contributed by atoms with E-state index in [1.54, 1.807) is 17.3 Å². The second-order valence-corrected chi connectivity index (χ2v) is 7.44. The molecule has 1 aromatic heterocycles. The number of aromatic nitrogens is 1. The normalized spacial score (nSPS) is 20.4. The fourth-order valence-electron chi connectivity index (χ4n) is 2.65. The molecule has 20 heavy (non-hydrogen) atoms. The van der Waals surface area contributed by atoms with Crippen molar-refractivity contribution < 1.29 is 13.2 Å². The van der Waals surface area contributed by atoms with Crippen LogP contribution in [-0.4, -0.2) is 42.8 Å². The minimum Gasteiger partial charge on any atom is -0.335 e. The highest BCUT2D eigenvalue weighted by atomic mass is 32.2. The number of rotatable bonds is 3. The molecule has 1 aliphatic heterocycles. The lowest BCUT2D eigenvalue weighted by atomic mass is 10.0. The molecular weight excluding hydrogens is 276 g/mol. The molecule has 2 heterocycles. The maximum absolute atomic E-state index is 12.3. The Hall–Kier alpha value is -1.43. The summed E-state index contributed by atoms with van der Waals surface area (Å²) in [5.74, 6) is -0.703. The topological polar surface area (TPSA) is 67.3 Å². The van der Waals surface area contributed by atoms with E-state index in [9.17, 15) is 13.2 Å². The van der Waals surface area contributed by atoms with E-state index in [0.29, 0.717) is 6.54 Å². The Kier molecular flexibility index (Phi) is 4.75. The molecule has 1 aromatic rings. The van der Waals surface area contributed by atoms with Gasteiger partial charge < -0.3 is 4.90 Å². The molecule has 5 nitrogen and oxygen atoms in total. The number of likely N-dealkylation sites (tertiary alicyclic amines) is 1. The van der Waals surface area contributed by atoms with E-state index in [4.69, 9.17) is 0 Å². The number of pyridine rings is 1. The summed E-state index contributed by atoms with van der Waals surface area (Å²) < 4.78 is 22.7. The van der Waals surface area contributed by atoms with Gasteiger partial charge in [-0.05, 0) is 30.5 Å². The number of nitrogens with zero attached hydrogens (tertiary/aromatic N) is 2. The molecule has 6 heteroatoms. The van der Waals surface area contributed by atoms with Gasteiger partial charge in [-0.1, -0.05) is 12.8 Å². The smallest absolute Gasteiger partial charge is 0.238 e. The predicted octanol–water partition coefficient (Wildman–Crippen LogP) is 1.57. The van der Waals surface area contributed by atoms with Crippen LogP contribution in [0, 0.1) is 0 Å². The van der Waals surface area contributed by atoms with Crippen LogP contribution in [0.15, 0.2) is 24.5 Å². The Morgan fingerprint density at radius 1 is 1.30 bits per heavy atom. The van der Waals surface area contributed by atoms with Gasteiger partial charge in [-0.25, -0.2) is 8.42 Å². The standard InChI is InChI=1S/C14H20N2O3S/c1-20(18,19)11-14(17)16-10-4-2-3-5-13(16)12-6-8-15-9-7-12/h6-9,13H,2-5,10-11H2,1H3. The van der Waals surface area contributed by atoms with E-state index >= 15 is 0 Å². The van der Waals surface area contributed by atoms with Crippen molar-refractivity contribution in [3.8, 4) is 0 Å². The van der Waals surface area contributed by atoms with Crippen LogP contribution >= 0.6 is 0 Å². The van der Waals surface area contributed by atoms with E-state index in [0.717, 1.165) is 37.5 Å². The van der Waals surface area contributed by atoms with Crippen LogP contribution in [0.2, 0.25) is 0 Å². The third kappa shape index (κ3) is 4.03. The summed E-state index contributed by atoms with van der Waals surface area (Å²) >= 11 is 0. The fourth-order valence-corrected chi connectivity index (χ4v) is 3.26. The zero-order chi connectivity index (χ0) is 14.6.